The van der Waals surface area contributed by atoms with Crippen molar-refractivity contribution in [3.63, 3.8) is 0 Å². The summed E-state index contributed by atoms with van der Waals surface area (Å²) in [7, 11) is 0. The summed E-state index contributed by atoms with van der Waals surface area (Å²) in [5.41, 5.74) is 20.0. The molecule has 0 fully saturated rings. The quantitative estimate of drug-likeness (QED) is 0.153. The Bertz CT molecular complexity index is 6000. The van der Waals surface area contributed by atoms with Gasteiger partial charge in [-0.1, -0.05) is 292 Å². The van der Waals surface area contributed by atoms with Gasteiger partial charge in [0, 0.05) is 58.3 Å². The second-order valence-electron chi connectivity index (χ2n) is 28.9. The number of nitrogens with zero attached hydrogens (tertiary/aromatic N) is 2. The van der Waals surface area contributed by atoms with Crippen LogP contribution in [0, 0.1) is 17.5 Å². The number of hydrogen-bond donors (Lipinski definition) is 1. The fraction of sp³-hybridized carbons (Fsp3) is 0.0947. The molecule has 8 heteroatoms. The van der Waals surface area contributed by atoms with Gasteiger partial charge >= 0.3 is 0 Å². The van der Waals surface area contributed by atoms with Crippen molar-refractivity contribution in [3.05, 3.63) is 357 Å². The Hall–Kier alpha value is -11.0. The normalized spacial score (nSPS) is 13.8. The first kappa shape index (κ1) is 64.1. The first-order valence-corrected chi connectivity index (χ1v) is 36.6. The third kappa shape index (κ3) is 9.95. The van der Waals surface area contributed by atoms with E-state index in [-0.39, 0.29) is 33.7 Å². The van der Waals surface area contributed by atoms with Gasteiger partial charge in [0.1, 0.15) is 17.5 Å². The molecule has 0 unspecified atom stereocenters. The zero-order valence-corrected chi connectivity index (χ0v) is 60.7. The maximum Gasteiger partial charge on any atom is 0.147 e. The Morgan fingerprint density at radius 1 is 0.252 bits per heavy atom. The van der Waals surface area contributed by atoms with Crippen LogP contribution < -0.4 is 15.1 Å². The SMILES string of the molecule is Brc1ccc2ccc3c(Br)ccc4ccc1c2c43.CC1(C)c2ccccc2-c2c(N(c3ccccc3F)c3ccc4ccc5c(N(c6ccccc6F)c6cccc7c6-c6ccccc6C7(C)C)ccc6ccc3c4c65)cccc21.CC1(C)c2ccccc2-c2c(Nc3ccccc3F)cccc21. The van der Waals surface area contributed by atoms with Gasteiger partial charge in [0.2, 0.25) is 0 Å². The lowest BCUT2D eigenvalue weighted by molar-refractivity contribution is 0.628. The molecule has 1 N–H and O–H groups in total. The standard InChI is InChI=1S/C58H42F2N2.C21H18FN.C16H8Br2/c1-57(2)41-17-7-5-15-37(41)55-43(57)19-13-25-51(55)61(49-23-11-9-21-45(49)59)47-33-29-35-28-32-40-48(34-30-36-27-31-39(47)53(35)54(36)40)62(50-24-12-10-22-46(50)60)52-26-14-20-44-56(52)38-16-6-8-18-42(38)58(44,3)4;1-21(2)15-9-4-3-8-14(15)20-16(21)10-7-13-19(20)23-18-12-6-5-11-17(18)22;17-13-8-4-10-2-6-12-14(18)7-3-9-1-5-11(13)16(10)15(9)12/h5-34H,1-4H3;3-13,23H,1-2H3;1-8H. The van der Waals surface area contributed by atoms with E-state index in [1.165, 1.54) is 94.0 Å². The van der Waals surface area contributed by atoms with Gasteiger partial charge in [-0.2, -0.15) is 0 Å². The van der Waals surface area contributed by atoms with Gasteiger partial charge in [0.15, 0.2) is 0 Å². The third-order valence-electron chi connectivity index (χ3n) is 22.2. The van der Waals surface area contributed by atoms with E-state index in [0.29, 0.717) is 17.1 Å². The molecule has 17 aromatic rings. The molecule has 0 heterocycles. The second kappa shape index (κ2) is 24.3. The molecule has 498 valence electrons. The van der Waals surface area contributed by atoms with E-state index in [9.17, 15) is 4.39 Å². The summed E-state index contributed by atoms with van der Waals surface area (Å²) in [6.45, 7) is 13.6. The Kier molecular flexibility index (Phi) is 15.1. The highest BCUT2D eigenvalue weighted by Crippen LogP contribution is 2.59. The van der Waals surface area contributed by atoms with Gasteiger partial charge in [-0.25, -0.2) is 13.2 Å². The number of nitrogens with one attached hydrogen (secondary N) is 1. The summed E-state index contributed by atoms with van der Waals surface area (Å²) in [6.07, 6.45) is 0. The van der Waals surface area contributed by atoms with E-state index in [1.807, 2.05) is 42.5 Å². The van der Waals surface area contributed by atoms with Crippen molar-refractivity contribution in [1.82, 2.24) is 0 Å². The molecule has 0 amide bonds. The Labute approximate surface area is 614 Å². The Morgan fingerprint density at radius 2 is 0.553 bits per heavy atom. The first-order valence-electron chi connectivity index (χ1n) is 35.0. The maximum atomic E-state index is 16.5. The number of fused-ring (bicyclic) bond motifs is 9. The number of para-hydroxylation sites is 3. The minimum absolute atomic E-state index is 0.0428. The number of hydrogen-bond acceptors (Lipinski definition) is 3. The average molecular weight is 1470 g/mol. The number of benzene rings is 17. The van der Waals surface area contributed by atoms with E-state index in [1.54, 1.807) is 36.4 Å². The van der Waals surface area contributed by atoms with E-state index in [0.717, 1.165) is 80.8 Å². The molecular weight excluding hydrogens is 1400 g/mol. The summed E-state index contributed by atoms with van der Waals surface area (Å²) in [4.78, 5) is 4.24. The molecule has 0 bridgehead atoms. The topological polar surface area (TPSA) is 18.5 Å². The van der Waals surface area contributed by atoms with E-state index in [2.05, 4.69) is 301 Å². The summed E-state index contributed by atoms with van der Waals surface area (Å²) in [6, 6.07) is 100. The van der Waals surface area contributed by atoms with Crippen molar-refractivity contribution in [3.8, 4) is 33.4 Å². The van der Waals surface area contributed by atoms with Crippen molar-refractivity contribution < 1.29 is 13.2 Å². The predicted molar refractivity (Wildman–Crippen MR) is 434 cm³/mol. The Morgan fingerprint density at radius 3 is 0.981 bits per heavy atom. The molecule has 3 nitrogen and oxygen atoms in total. The summed E-state index contributed by atoms with van der Waals surface area (Å²) in [5.74, 6) is -0.843. The highest BCUT2D eigenvalue weighted by Gasteiger charge is 2.41. The van der Waals surface area contributed by atoms with Crippen LogP contribution in [0.3, 0.4) is 0 Å². The second-order valence-corrected chi connectivity index (χ2v) is 30.6. The van der Waals surface area contributed by atoms with Crippen molar-refractivity contribution in [2.75, 3.05) is 15.1 Å². The van der Waals surface area contributed by atoms with Gasteiger partial charge in [-0.05, 0) is 183 Å². The molecule has 3 aliphatic rings. The smallest absolute Gasteiger partial charge is 0.147 e. The largest absolute Gasteiger partial charge is 0.353 e. The summed E-state index contributed by atoms with van der Waals surface area (Å²) in [5, 5.41) is 17.4. The van der Waals surface area contributed by atoms with Crippen LogP contribution in [-0.2, 0) is 16.2 Å². The lowest BCUT2D eigenvalue weighted by atomic mass is 9.82. The molecule has 0 saturated heterocycles. The molecule has 0 spiro atoms. The van der Waals surface area contributed by atoms with Crippen molar-refractivity contribution in [2.24, 2.45) is 0 Å². The van der Waals surface area contributed by atoms with E-state index >= 15 is 8.78 Å². The van der Waals surface area contributed by atoms with Crippen LogP contribution in [0.5, 0.6) is 0 Å². The molecule has 0 aliphatic heterocycles. The lowest BCUT2D eigenvalue weighted by Crippen LogP contribution is -2.17. The van der Waals surface area contributed by atoms with Crippen LogP contribution in [0.15, 0.2) is 306 Å². The van der Waals surface area contributed by atoms with Crippen molar-refractivity contribution in [1.29, 1.82) is 0 Å². The highest BCUT2D eigenvalue weighted by molar-refractivity contribution is 9.11. The van der Waals surface area contributed by atoms with Gasteiger partial charge in [0.25, 0.3) is 0 Å². The van der Waals surface area contributed by atoms with Crippen molar-refractivity contribution in [2.45, 2.75) is 57.8 Å². The lowest BCUT2D eigenvalue weighted by Gasteiger charge is -2.31. The molecule has 103 heavy (non-hydrogen) atoms. The molecule has 20 rings (SSSR count). The van der Waals surface area contributed by atoms with Crippen LogP contribution >= 0.6 is 31.9 Å². The minimum atomic E-state index is -0.302. The zero-order valence-electron chi connectivity index (χ0n) is 57.6. The van der Waals surface area contributed by atoms with E-state index < -0.39 is 0 Å². The fourth-order valence-electron chi connectivity index (χ4n) is 17.3. The molecule has 0 atom stereocenters. The molecule has 17 aromatic carbocycles. The first-order chi connectivity index (χ1) is 50.0. The predicted octanol–water partition coefficient (Wildman–Crippen LogP) is 28.4. The maximum absolute atomic E-state index is 16.5. The number of anilines is 8. The summed E-state index contributed by atoms with van der Waals surface area (Å²) >= 11 is 7.30. The third-order valence-corrected chi connectivity index (χ3v) is 23.6. The fourth-order valence-corrected chi connectivity index (χ4v) is 18.3. The highest BCUT2D eigenvalue weighted by atomic mass is 79.9. The van der Waals surface area contributed by atoms with E-state index in [4.69, 9.17) is 0 Å². The van der Waals surface area contributed by atoms with Crippen LogP contribution in [0.4, 0.5) is 58.7 Å². The molecule has 3 aliphatic carbocycles. The molecule has 0 radical (unpaired) electrons. The van der Waals surface area contributed by atoms with Gasteiger partial charge in [0.05, 0.1) is 39.8 Å². The monoisotopic (exact) mass is 1470 g/mol. The van der Waals surface area contributed by atoms with Crippen LogP contribution in [0.25, 0.3) is 98.0 Å². The van der Waals surface area contributed by atoms with Crippen molar-refractivity contribution >= 4 is 142 Å². The molecular formula is C95H68Br2F3N3. The zero-order chi connectivity index (χ0) is 70.4. The summed E-state index contributed by atoms with van der Waals surface area (Å²) < 4.78 is 49.2. The van der Waals surface area contributed by atoms with Gasteiger partial charge < -0.3 is 15.1 Å². The minimum Gasteiger partial charge on any atom is -0.353 e. The Balaban J connectivity index is 0.000000149. The number of rotatable bonds is 8. The number of halogens is 5. The van der Waals surface area contributed by atoms with Crippen LogP contribution in [-0.4, -0.2) is 0 Å². The average Bonchev–Trinajstić information content (AvgIpc) is 1.70. The molecule has 0 aromatic heterocycles. The van der Waals surface area contributed by atoms with Gasteiger partial charge in [-0.3, -0.25) is 0 Å². The van der Waals surface area contributed by atoms with Crippen LogP contribution in [0.2, 0.25) is 0 Å². The molecule has 0 saturated carbocycles. The van der Waals surface area contributed by atoms with Crippen LogP contribution in [0.1, 0.15) is 74.9 Å². The van der Waals surface area contributed by atoms with Gasteiger partial charge in [-0.15, -0.1) is 0 Å².